The van der Waals surface area contributed by atoms with Crippen LogP contribution in [-0.2, 0) is 4.74 Å². The summed E-state index contributed by atoms with van der Waals surface area (Å²) in [5, 5.41) is 5.88. The molecule has 0 aliphatic carbocycles. The van der Waals surface area contributed by atoms with Crippen LogP contribution < -0.4 is 0 Å². The number of ether oxygens (including phenoxy) is 1. The third-order valence-electron chi connectivity index (χ3n) is 5.42. The van der Waals surface area contributed by atoms with Crippen LogP contribution in [0.2, 0.25) is 0 Å². The Morgan fingerprint density at radius 3 is 3.00 bits per heavy atom. The van der Waals surface area contributed by atoms with Gasteiger partial charge in [0.1, 0.15) is 6.61 Å². The molecule has 128 valence electrons. The van der Waals surface area contributed by atoms with E-state index in [1.54, 1.807) is 0 Å². The molecule has 0 spiro atoms. The average molecular weight is 333 g/mol. The van der Waals surface area contributed by atoms with Crippen LogP contribution in [0, 0.1) is 24.2 Å². The molecule has 4 nitrogen and oxygen atoms in total. The van der Waals surface area contributed by atoms with Gasteiger partial charge in [-0.15, -0.1) is 13.0 Å². The Kier molecular flexibility index (Phi) is 4.54. The Bertz CT molecular complexity index is 807. The van der Waals surface area contributed by atoms with E-state index in [0.717, 1.165) is 36.1 Å². The SMILES string of the molecule is C#CCOC(c1ccnc2ccccc12)N1CC2CCN1CC2C=C. The van der Waals surface area contributed by atoms with Crippen molar-refractivity contribution in [3.05, 3.63) is 54.7 Å². The number of benzene rings is 1. The minimum Gasteiger partial charge on any atom is -0.345 e. The highest BCUT2D eigenvalue weighted by Gasteiger charge is 2.41. The normalized spacial score (nSPS) is 27.1. The van der Waals surface area contributed by atoms with Gasteiger partial charge < -0.3 is 4.74 Å². The van der Waals surface area contributed by atoms with Crippen LogP contribution in [0.15, 0.2) is 49.2 Å². The van der Waals surface area contributed by atoms with Gasteiger partial charge in [-0.25, -0.2) is 10.0 Å². The standard InChI is InChI=1S/C21H23N3O/c1-3-13-25-21(19-9-11-22-20-8-6-5-7-18(19)20)24-15-17-10-12-23(24)14-16(17)4-2/h1,4-9,11,16-17,21H,2,10,12-15H2. The molecule has 25 heavy (non-hydrogen) atoms. The van der Waals surface area contributed by atoms with E-state index >= 15 is 0 Å². The van der Waals surface area contributed by atoms with E-state index in [9.17, 15) is 0 Å². The van der Waals surface area contributed by atoms with E-state index < -0.39 is 0 Å². The fourth-order valence-corrected chi connectivity index (χ4v) is 4.14. The average Bonchev–Trinajstić information content (AvgIpc) is 2.69. The largest absolute Gasteiger partial charge is 0.345 e. The van der Waals surface area contributed by atoms with Crippen LogP contribution in [-0.4, -0.2) is 41.2 Å². The molecular weight excluding hydrogens is 310 g/mol. The van der Waals surface area contributed by atoms with E-state index in [1.165, 1.54) is 6.42 Å². The second-order valence-electron chi connectivity index (χ2n) is 6.77. The van der Waals surface area contributed by atoms with E-state index in [-0.39, 0.29) is 6.23 Å². The fraction of sp³-hybridized carbons (Fsp3) is 0.381. The van der Waals surface area contributed by atoms with Crippen molar-refractivity contribution in [1.82, 2.24) is 15.0 Å². The summed E-state index contributed by atoms with van der Waals surface area (Å²) >= 11 is 0. The Balaban J connectivity index is 1.72. The van der Waals surface area contributed by atoms with Crippen LogP contribution in [0.1, 0.15) is 18.2 Å². The minimum absolute atomic E-state index is 0.183. The van der Waals surface area contributed by atoms with Crippen molar-refractivity contribution in [2.75, 3.05) is 26.2 Å². The first-order chi connectivity index (χ1) is 12.3. The van der Waals surface area contributed by atoms with Gasteiger partial charge in [-0.3, -0.25) is 4.98 Å². The number of hydrazine groups is 1. The number of rotatable bonds is 5. The lowest BCUT2D eigenvalue weighted by molar-refractivity contribution is -0.218. The summed E-state index contributed by atoms with van der Waals surface area (Å²) in [5.41, 5.74) is 2.11. The lowest BCUT2D eigenvalue weighted by Gasteiger charge is -2.53. The van der Waals surface area contributed by atoms with Crippen molar-refractivity contribution < 1.29 is 4.74 Å². The Hall–Kier alpha value is -2.19. The fourth-order valence-electron chi connectivity index (χ4n) is 4.14. The van der Waals surface area contributed by atoms with E-state index in [4.69, 9.17) is 11.2 Å². The topological polar surface area (TPSA) is 28.6 Å². The third kappa shape index (κ3) is 2.96. The van der Waals surface area contributed by atoms with Crippen LogP contribution in [0.5, 0.6) is 0 Å². The quantitative estimate of drug-likeness (QED) is 0.620. The molecule has 5 rings (SSSR count). The summed E-state index contributed by atoms with van der Waals surface area (Å²) in [4.78, 5) is 4.48. The summed E-state index contributed by atoms with van der Waals surface area (Å²) in [6.45, 7) is 7.35. The highest BCUT2D eigenvalue weighted by atomic mass is 16.5. The first-order valence-electron chi connectivity index (χ1n) is 8.84. The highest BCUT2D eigenvalue weighted by molar-refractivity contribution is 5.82. The maximum atomic E-state index is 6.14. The van der Waals surface area contributed by atoms with Crippen LogP contribution >= 0.6 is 0 Å². The molecular formula is C21H23N3O. The zero-order valence-electron chi connectivity index (χ0n) is 14.3. The predicted molar refractivity (Wildman–Crippen MR) is 99.3 cm³/mol. The van der Waals surface area contributed by atoms with E-state index in [2.05, 4.69) is 45.7 Å². The second-order valence-corrected chi connectivity index (χ2v) is 6.77. The lowest BCUT2D eigenvalue weighted by atomic mass is 9.83. The number of aromatic nitrogens is 1. The summed E-state index contributed by atoms with van der Waals surface area (Å²) in [5.74, 6) is 3.81. The summed E-state index contributed by atoms with van der Waals surface area (Å²) in [6, 6.07) is 10.2. The van der Waals surface area contributed by atoms with Gasteiger partial charge in [-0.05, 0) is 30.4 Å². The molecule has 0 N–H and O–H groups in total. The molecule has 2 bridgehead atoms. The van der Waals surface area contributed by atoms with Crippen LogP contribution in [0.4, 0.5) is 0 Å². The Morgan fingerprint density at radius 2 is 2.24 bits per heavy atom. The Labute approximate surface area is 149 Å². The zero-order chi connectivity index (χ0) is 17.2. The molecule has 3 aliphatic rings. The van der Waals surface area contributed by atoms with Crippen molar-refractivity contribution in [1.29, 1.82) is 0 Å². The molecule has 3 aliphatic heterocycles. The number of fused-ring (bicyclic) bond motifs is 4. The first kappa shape index (κ1) is 16.3. The minimum atomic E-state index is -0.183. The molecule has 1 aromatic heterocycles. The van der Waals surface area contributed by atoms with E-state index in [1.807, 2.05) is 24.4 Å². The molecule has 4 atom stereocenters. The predicted octanol–water partition coefficient (Wildman–Crippen LogP) is 3.24. The third-order valence-corrected chi connectivity index (χ3v) is 5.42. The van der Waals surface area contributed by atoms with Crippen LogP contribution in [0.3, 0.4) is 0 Å². The van der Waals surface area contributed by atoms with Gasteiger partial charge >= 0.3 is 0 Å². The molecule has 0 amide bonds. The second kappa shape index (κ2) is 6.97. The summed E-state index contributed by atoms with van der Waals surface area (Å²) in [7, 11) is 0. The molecule has 0 radical (unpaired) electrons. The number of para-hydroxylation sites is 1. The Morgan fingerprint density at radius 1 is 1.36 bits per heavy atom. The molecule has 3 fully saturated rings. The molecule has 2 aromatic rings. The summed E-state index contributed by atoms with van der Waals surface area (Å²) < 4.78 is 6.14. The molecule has 4 heteroatoms. The maximum absolute atomic E-state index is 6.14. The number of hydrogen-bond donors (Lipinski definition) is 0. The number of terminal acetylenes is 1. The monoisotopic (exact) mass is 333 g/mol. The van der Waals surface area contributed by atoms with E-state index in [0.29, 0.717) is 18.4 Å². The summed E-state index contributed by atoms with van der Waals surface area (Å²) in [6.07, 6.45) is 10.5. The number of nitrogens with zero attached hydrogens (tertiary/aromatic N) is 3. The van der Waals surface area contributed by atoms with Crippen molar-refractivity contribution in [3.63, 3.8) is 0 Å². The number of pyridine rings is 1. The van der Waals surface area contributed by atoms with Crippen molar-refractivity contribution in [3.8, 4) is 12.3 Å². The van der Waals surface area contributed by atoms with Crippen molar-refractivity contribution in [2.45, 2.75) is 12.6 Å². The molecule has 3 saturated heterocycles. The number of piperidine rings is 1. The van der Waals surface area contributed by atoms with Crippen molar-refractivity contribution in [2.24, 2.45) is 11.8 Å². The van der Waals surface area contributed by atoms with Gasteiger partial charge in [0.2, 0.25) is 0 Å². The smallest absolute Gasteiger partial charge is 0.151 e. The highest BCUT2D eigenvalue weighted by Crippen LogP contribution is 2.38. The zero-order valence-corrected chi connectivity index (χ0v) is 14.3. The van der Waals surface area contributed by atoms with Gasteiger partial charge in [0.05, 0.1) is 5.52 Å². The number of hydrogen-bond acceptors (Lipinski definition) is 4. The lowest BCUT2D eigenvalue weighted by Crippen LogP contribution is -2.60. The van der Waals surface area contributed by atoms with Crippen LogP contribution in [0.25, 0.3) is 10.9 Å². The van der Waals surface area contributed by atoms with Gasteiger partial charge in [0.25, 0.3) is 0 Å². The molecule has 4 unspecified atom stereocenters. The first-order valence-corrected chi connectivity index (χ1v) is 8.84. The van der Waals surface area contributed by atoms with Gasteiger partial charge in [0.15, 0.2) is 6.23 Å². The molecule has 0 saturated carbocycles. The van der Waals surface area contributed by atoms with Gasteiger partial charge in [0, 0.05) is 36.8 Å². The van der Waals surface area contributed by atoms with Gasteiger partial charge in [-0.2, -0.15) is 0 Å². The van der Waals surface area contributed by atoms with Gasteiger partial charge in [-0.1, -0.05) is 30.2 Å². The van der Waals surface area contributed by atoms with Crippen molar-refractivity contribution >= 4 is 10.9 Å². The molecule has 1 aromatic carbocycles. The maximum Gasteiger partial charge on any atom is 0.151 e. The molecule has 4 heterocycles.